The summed E-state index contributed by atoms with van der Waals surface area (Å²) in [5, 5.41) is 0.614. The van der Waals surface area contributed by atoms with E-state index >= 15 is 0 Å². The molecule has 0 aliphatic carbocycles. The smallest absolute Gasteiger partial charge is 0.417 e. The Hall–Kier alpha value is -2.53. The fraction of sp³-hybridized carbons (Fsp3) is 0.143. The highest BCUT2D eigenvalue weighted by Crippen LogP contribution is 2.38. The van der Waals surface area contributed by atoms with Crippen molar-refractivity contribution in [3.8, 4) is 22.6 Å². The standard InChI is InChI=1S/C21H14ClF4O/c1-2-13-10-17(7-9-20(13)22)27-16-5-3-4-14(11-16)18-12-15(23)6-8-19(18)21(24,25)26/h3-11H,2H2,1H3. The monoisotopic (exact) mass is 393 g/mol. The normalized spacial score (nSPS) is 11.5. The van der Waals surface area contributed by atoms with Gasteiger partial charge in [0.1, 0.15) is 17.3 Å². The van der Waals surface area contributed by atoms with Crippen LogP contribution < -0.4 is 4.74 Å². The fourth-order valence-corrected chi connectivity index (χ4v) is 2.92. The molecule has 0 N–H and O–H groups in total. The average molecular weight is 394 g/mol. The zero-order valence-electron chi connectivity index (χ0n) is 14.2. The van der Waals surface area contributed by atoms with Crippen LogP contribution in [0.3, 0.4) is 0 Å². The van der Waals surface area contributed by atoms with E-state index in [1.54, 1.807) is 30.3 Å². The first kappa shape index (κ1) is 19.2. The molecule has 6 heteroatoms. The summed E-state index contributed by atoms with van der Waals surface area (Å²) in [4.78, 5) is 0. The summed E-state index contributed by atoms with van der Waals surface area (Å²) in [6, 6.07) is 14.8. The van der Waals surface area contributed by atoms with Crippen molar-refractivity contribution in [2.75, 3.05) is 0 Å². The van der Waals surface area contributed by atoms with E-state index in [4.69, 9.17) is 16.3 Å². The number of alkyl halides is 3. The molecule has 139 valence electrons. The Balaban J connectivity index is 1.99. The van der Waals surface area contributed by atoms with Crippen molar-refractivity contribution < 1.29 is 22.3 Å². The van der Waals surface area contributed by atoms with Gasteiger partial charge in [0.05, 0.1) is 5.56 Å². The first-order valence-electron chi connectivity index (χ1n) is 8.13. The molecule has 0 aliphatic rings. The topological polar surface area (TPSA) is 9.23 Å². The van der Waals surface area contributed by atoms with E-state index in [9.17, 15) is 17.6 Å². The van der Waals surface area contributed by atoms with Gasteiger partial charge in [-0.2, -0.15) is 13.2 Å². The van der Waals surface area contributed by atoms with Crippen molar-refractivity contribution in [3.63, 3.8) is 0 Å². The number of ether oxygens (including phenoxy) is 1. The Morgan fingerprint density at radius 2 is 1.74 bits per heavy atom. The summed E-state index contributed by atoms with van der Waals surface area (Å²) in [6.45, 7) is 1.95. The van der Waals surface area contributed by atoms with Gasteiger partial charge in [0.25, 0.3) is 0 Å². The Kier molecular flexibility index (Phi) is 5.42. The van der Waals surface area contributed by atoms with Crippen LogP contribution in [0.2, 0.25) is 5.02 Å². The SMILES string of the molecule is CCc1cc(Oc2cccc(-c3[c]c(F)ccc3C(F)(F)F)c2)ccc1Cl. The van der Waals surface area contributed by atoms with Crippen LogP contribution in [0.15, 0.2) is 54.6 Å². The number of hydrogen-bond acceptors (Lipinski definition) is 1. The highest BCUT2D eigenvalue weighted by Gasteiger charge is 2.34. The van der Waals surface area contributed by atoms with Gasteiger partial charge in [-0.15, -0.1) is 0 Å². The molecule has 0 spiro atoms. The molecule has 0 aliphatic heterocycles. The lowest BCUT2D eigenvalue weighted by atomic mass is 9.99. The average Bonchev–Trinajstić information content (AvgIpc) is 2.62. The number of aryl methyl sites for hydroxylation is 1. The maximum Gasteiger partial charge on any atom is 0.417 e. The van der Waals surface area contributed by atoms with Gasteiger partial charge < -0.3 is 4.74 Å². The maximum atomic E-state index is 13.5. The van der Waals surface area contributed by atoms with Crippen LogP contribution in [-0.4, -0.2) is 0 Å². The number of rotatable bonds is 4. The van der Waals surface area contributed by atoms with E-state index in [0.717, 1.165) is 11.6 Å². The first-order valence-corrected chi connectivity index (χ1v) is 8.51. The second-order valence-corrected chi connectivity index (χ2v) is 6.24. The van der Waals surface area contributed by atoms with Gasteiger partial charge in [-0.3, -0.25) is 0 Å². The van der Waals surface area contributed by atoms with Gasteiger partial charge in [0.15, 0.2) is 0 Å². The third-order valence-electron chi connectivity index (χ3n) is 3.97. The van der Waals surface area contributed by atoms with E-state index in [1.165, 1.54) is 12.1 Å². The van der Waals surface area contributed by atoms with Crippen LogP contribution >= 0.6 is 11.6 Å². The van der Waals surface area contributed by atoms with Crippen molar-refractivity contribution in [2.24, 2.45) is 0 Å². The highest BCUT2D eigenvalue weighted by atomic mass is 35.5. The fourth-order valence-electron chi connectivity index (χ4n) is 2.67. The van der Waals surface area contributed by atoms with Crippen molar-refractivity contribution in [3.05, 3.63) is 82.6 Å². The molecule has 27 heavy (non-hydrogen) atoms. The van der Waals surface area contributed by atoms with E-state index < -0.39 is 17.6 Å². The summed E-state index contributed by atoms with van der Waals surface area (Å²) in [5.41, 5.74) is -0.272. The lowest BCUT2D eigenvalue weighted by Crippen LogP contribution is -2.07. The minimum atomic E-state index is -4.62. The summed E-state index contributed by atoms with van der Waals surface area (Å²) >= 11 is 6.08. The Bertz CT molecular complexity index is 967. The van der Waals surface area contributed by atoms with Crippen LogP contribution in [0.1, 0.15) is 18.1 Å². The van der Waals surface area contributed by atoms with Crippen molar-refractivity contribution in [2.45, 2.75) is 19.5 Å². The van der Waals surface area contributed by atoms with Crippen LogP contribution in [0.25, 0.3) is 11.1 Å². The van der Waals surface area contributed by atoms with Crippen LogP contribution in [0, 0.1) is 11.9 Å². The third-order valence-corrected chi connectivity index (χ3v) is 4.34. The minimum Gasteiger partial charge on any atom is -0.457 e. The zero-order chi connectivity index (χ0) is 19.6. The van der Waals surface area contributed by atoms with E-state index in [1.807, 2.05) is 6.92 Å². The van der Waals surface area contributed by atoms with Gasteiger partial charge in [0.2, 0.25) is 0 Å². The lowest BCUT2D eigenvalue weighted by Gasteiger charge is -2.14. The van der Waals surface area contributed by atoms with Crippen LogP contribution in [0.5, 0.6) is 11.5 Å². The molecule has 0 fully saturated rings. The van der Waals surface area contributed by atoms with E-state index in [-0.39, 0.29) is 11.1 Å². The second kappa shape index (κ2) is 7.61. The predicted octanol–water partition coefficient (Wildman–Crippen LogP) is 7.32. The van der Waals surface area contributed by atoms with Crippen LogP contribution in [0.4, 0.5) is 17.6 Å². The van der Waals surface area contributed by atoms with Gasteiger partial charge in [-0.25, -0.2) is 4.39 Å². The first-order chi connectivity index (χ1) is 12.8. The van der Waals surface area contributed by atoms with Crippen molar-refractivity contribution in [1.29, 1.82) is 0 Å². The zero-order valence-corrected chi connectivity index (χ0v) is 15.0. The molecule has 0 amide bonds. The van der Waals surface area contributed by atoms with Crippen molar-refractivity contribution >= 4 is 11.6 Å². The molecule has 0 bridgehead atoms. The van der Waals surface area contributed by atoms with Gasteiger partial charge in [0, 0.05) is 16.7 Å². The molecule has 3 rings (SSSR count). The largest absolute Gasteiger partial charge is 0.457 e. The molecule has 0 atom stereocenters. The molecular formula is C21H14ClF4O. The van der Waals surface area contributed by atoms with Gasteiger partial charge in [-0.05, 0) is 60.0 Å². The maximum absolute atomic E-state index is 13.5. The number of hydrogen-bond donors (Lipinski definition) is 0. The molecule has 0 aromatic heterocycles. The molecule has 0 unspecified atom stereocenters. The van der Waals surface area contributed by atoms with E-state index in [2.05, 4.69) is 6.07 Å². The summed E-state index contributed by atoms with van der Waals surface area (Å²) in [6.07, 6.45) is -3.91. The summed E-state index contributed by atoms with van der Waals surface area (Å²) in [7, 11) is 0. The molecule has 3 aromatic carbocycles. The van der Waals surface area contributed by atoms with Gasteiger partial charge >= 0.3 is 6.18 Å². The third kappa shape index (κ3) is 4.42. The summed E-state index contributed by atoms with van der Waals surface area (Å²) in [5.74, 6) is -0.0371. The Labute approximate surface area is 159 Å². The van der Waals surface area contributed by atoms with Gasteiger partial charge in [-0.1, -0.05) is 30.7 Å². The molecule has 1 nitrogen and oxygen atoms in total. The second-order valence-electron chi connectivity index (χ2n) is 5.83. The Morgan fingerprint density at radius 1 is 1.00 bits per heavy atom. The lowest BCUT2D eigenvalue weighted by molar-refractivity contribution is -0.137. The summed E-state index contributed by atoms with van der Waals surface area (Å²) < 4.78 is 59.0. The van der Waals surface area contributed by atoms with Crippen LogP contribution in [-0.2, 0) is 12.6 Å². The number of halogens is 5. The molecule has 3 aromatic rings. The van der Waals surface area contributed by atoms with E-state index in [0.29, 0.717) is 29.0 Å². The number of benzene rings is 3. The van der Waals surface area contributed by atoms with Crippen molar-refractivity contribution in [1.82, 2.24) is 0 Å². The predicted molar refractivity (Wildman–Crippen MR) is 96.6 cm³/mol. The Morgan fingerprint density at radius 3 is 2.44 bits per heavy atom. The minimum absolute atomic E-state index is 0.156. The molecule has 0 saturated heterocycles. The molecule has 0 heterocycles. The molecule has 1 radical (unpaired) electrons. The molecule has 0 saturated carbocycles. The highest BCUT2D eigenvalue weighted by molar-refractivity contribution is 6.31. The molecular weight excluding hydrogens is 380 g/mol. The quantitative estimate of drug-likeness (QED) is 0.422.